The lowest BCUT2D eigenvalue weighted by Gasteiger charge is -2.26. The van der Waals surface area contributed by atoms with Crippen LogP contribution in [0.4, 0.5) is 0 Å². The van der Waals surface area contributed by atoms with Gasteiger partial charge in [-0.05, 0) is 56.3 Å². The van der Waals surface area contributed by atoms with Crippen LogP contribution in [0.15, 0.2) is 12.1 Å². The lowest BCUT2D eigenvalue weighted by atomic mass is 9.98. The standard InChI is InChI=1S/C16H25NO/c1-11-7-13(3)15(14(4)8-11)9-17-6-5-12(2)16(17)10-18/h7-8,12,16,18H,5-6,9-10H2,1-4H3. The van der Waals surface area contributed by atoms with Crippen LogP contribution in [0, 0.1) is 26.7 Å². The molecule has 100 valence electrons. The van der Waals surface area contributed by atoms with Crippen molar-refractivity contribution in [3.05, 3.63) is 34.4 Å². The maximum Gasteiger partial charge on any atom is 0.0589 e. The fraction of sp³-hybridized carbons (Fsp3) is 0.625. The van der Waals surface area contributed by atoms with Gasteiger partial charge in [-0.25, -0.2) is 0 Å². The van der Waals surface area contributed by atoms with E-state index in [4.69, 9.17) is 0 Å². The lowest BCUT2D eigenvalue weighted by molar-refractivity contribution is 0.134. The molecule has 0 aromatic heterocycles. The lowest BCUT2D eigenvalue weighted by Crippen LogP contribution is -2.35. The van der Waals surface area contributed by atoms with Crippen LogP contribution >= 0.6 is 0 Å². The molecule has 1 aromatic carbocycles. The number of rotatable bonds is 3. The van der Waals surface area contributed by atoms with Crippen LogP contribution in [0.1, 0.15) is 35.6 Å². The SMILES string of the molecule is Cc1cc(C)c(CN2CCC(C)C2CO)c(C)c1. The van der Waals surface area contributed by atoms with E-state index in [1.165, 1.54) is 28.7 Å². The Morgan fingerprint density at radius 3 is 2.39 bits per heavy atom. The van der Waals surface area contributed by atoms with Gasteiger partial charge in [-0.3, -0.25) is 4.90 Å². The highest BCUT2D eigenvalue weighted by Crippen LogP contribution is 2.27. The topological polar surface area (TPSA) is 23.5 Å². The number of hydrogen-bond donors (Lipinski definition) is 1. The van der Waals surface area contributed by atoms with E-state index in [-0.39, 0.29) is 6.61 Å². The molecule has 1 aliphatic heterocycles. The van der Waals surface area contributed by atoms with Crippen molar-refractivity contribution in [2.24, 2.45) is 5.92 Å². The van der Waals surface area contributed by atoms with Crippen LogP contribution in [-0.2, 0) is 6.54 Å². The Morgan fingerprint density at radius 1 is 1.22 bits per heavy atom. The number of likely N-dealkylation sites (tertiary alicyclic amines) is 1. The zero-order chi connectivity index (χ0) is 13.3. The molecule has 0 radical (unpaired) electrons. The van der Waals surface area contributed by atoms with Gasteiger partial charge in [0.1, 0.15) is 0 Å². The Balaban J connectivity index is 2.19. The molecule has 0 saturated carbocycles. The summed E-state index contributed by atoms with van der Waals surface area (Å²) in [6.45, 7) is 11.2. The fourth-order valence-electron chi connectivity index (χ4n) is 3.24. The zero-order valence-electron chi connectivity index (χ0n) is 12.0. The first-order valence-corrected chi connectivity index (χ1v) is 6.94. The first kappa shape index (κ1) is 13.6. The van der Waals surface area contributed by atoms with Crippen molar-refractivity contribution in [3.63, 3.8) is 0 Å². The molecule has 1 fully saturated rings. The largest absolute Gasteiger partial charge is 0.395 e. The van der Waals surface area contributed by atoms with Crippen LogP contribution < -0.4 is 0 Å². The Labute approximate surface area is 111 Å². The summed E-state index contributed by atoms with van der Waals surface area (Å²) in [7, 11) is 0. The monoisotopic (exact) mass is 247 g/mol. The van der Waals surface area contributed by atoms with Gasteiger partial charge < -0.3 is 5.11 Å². The number of aliphatic hydroxyl groups excluding tert-OH is 1. The predicted octanol–water partition coefficient (Wildman–Crippen LogP) is 2.81. The minimum Gasteiger partial charge on any atom is -0.395 e. The molecule has 1 N–H and O–H groups in total. The number of aryl methyl sites for hydroxylation is 3. The van der Waals surface area contributed by atoms with E-state index in [9.17, 15) is 5.11 Å². The molecule has 0 spiro atoms. The molecule has 0 aliphatic carbocycles. The normalized spacial score (nSPS) is 24.7. The second kappa shape index (κ2) is 5.41. The summed E-state index contributed by atoms with van der Waals surface area (Å²) in [6.07, 6.45) is 1.20. The zero-order valence-corrected chi connectivity index (χ0v) is 12.0. The number of benzene rings is 1. The van der Waals surface area contributed by atoms with Gasteiger partial charge in [0.05, 0.1) is 6.61 Å². The van der Waals surface area contributed by atoms with E-state index in [1.807, 2.05) is 0 Å². The third-order valence-corrected chi connectivity index (χ3v) is 4.39. The molecule has 1 saturated heterocycles. The smallest absolute Gasteiger partial charge is 0.0589 e. The van der Waals surface area contributed by atoms with Gasteiger partial charge in [-0.1, -0.05) is 24.6 Å². The molecular formula is C16H25NO. The fourth-order valence-corrected chi connectivity index (χ4v) is 3.24. The van der Waals surface area contributed by atoms with Gasteiger partial charge in [0.25, 0.3) is 0 Å². The maximum absolute atomic E-state index is 9.53. The molecule has 2 heteroatoms. The molecule has 2 unspecified atom stereocenters. The van der Waals surface area contributed by atoms with Crippen molar-refractivity contribution in [2.75, 3.05) is 13.2 Å². The molecule has 1 aliphatic rings. The molecule has 2 nitrogen and oxygen atoms in total. The van der Waals surface area contributed by atoms with Gasteiger partial charge >= 0.3 is 0 Å². The van der Waals surface area contributed by atoms with Crippen LogP contribution in [0.5, 0.6) is 0 Å². The van der Waals surface area contributed by atoms with Crippen molar-refractivity contribution in [2.45, 2.75) is 46.7 Å². The quantitative estimate of drug-likeness (QED) is 0.888. The number of aliphatic hydroxyl groups is 1. The molecule has 0 amide bonds. The van der Waals surface area contributed by atoms with Crippen LogP contribution in [0.3, 0.4) is 0 Å². The van der Waals surface area contributed by atoms with E-state index in [1.54, 1.807) is 0 Å². The Morgan fingerprint density at radius 2 is 1.83 bits per heavy atom. The van der Waals surface area contributed by atoms with Crippen molar-refractivity contribution in [3.8, 4) is 0 Å². The van der Waals surface area contributed by atoms with Gasteiger partial charge in [-0.2, -0.15) is 0 Å². The average Bonchev–Trinajstić information content (AvgIpc) is 2.64. The Hall–Kier alpha value is -0.860. The first-order chi connectivity index (χ1) is 8.52. The summed E-state index contributed by atoms with van der Waals surface area (Å²) in [4.78, 5) is 2.44. The minimum atomic E-state index is 0.283. The van der Waals surface area contributed by atoms with Gasteiger partial charge in [-0.15, -0.1) is 0 Å². The Bertz CT molecular complexity index is 404. The van der Waals surface area contributed by atoms with Crippen LogP contribution in [0.25, 0.3) is 0 Å². The van der Waals surface area contributed by atoms with E-state index < -0.39 is 0 Å². The van der Waals surface area contributed by atoms with Gasteiger partial charge in [0, 0.05) is 12.6 Å². The summed E-state index contributed by atoms with van der Waals surface area (Å²) >= 11 is 0. The number of hydrogen-bond acceptors (Lipinski definition) is 2. The third-order valence-electron chi connectivity index (χ3n) is 4.39. The summed E-state index contributed by atoms with van der Waals surface area (Å²) < 4.78 is 0. The van der Waals surface area contributed by atoms with E-state index in [2.05, 4.69) is 44.7 Å². The molecular weight excluding hydrogens is 222 g/mol. The molecule has 18 heavy (non-hydrogen) atoms. The van der Waals surface area contributed by atoms with Gasteiger partial charge in [0.2, 0.25) is 0 Å². The van der Waals surface area contributed by atoms with Crippen LogP contribution in [-0.4, -0.2) is 29.2 Å². The summed E-state index contributed by atoms with van der Waals surface area (Å²) in [6, 6.07) is 4.86. The summed E-state index contributed by atoms with van der Waals surface area (Å²) in [5.74, 6) is 0.612. The van der Waals surface area contributed by atoms with Crippen molar-refractivity contribution in [1.82, 2.24) is 4.90 Å². The first-order valence-electron chi connectivity index (χ1n) is 6.94. The summed E-state index contributed by atoms with van der Waals surface area (Å²) in [5, 5.41) is 9.53. The molecule has 2 atom stereocenters. The van der Waals surface area contributed by atoms with E-state index >= 15 is 0 Å². The Kier molecular flexibility index (Phi) is 4.08. The highest BCUT2D eigenvalue weighted by atomic mass is 16.3. The molecule has 1 aromatic rings. The minimum absolute atomic E-state index is 0.283. The van der Waals surface area contributed by atoms with Crippen molar-refractivity contribution < 1.29 is 5.11 Å². The second-order valence-corrected chi connectivity index (χ2v) is 5.86. The van der Waals surface area contributed by atoms with Gasteiger partial charge in [0.15, 0.2) is 0 Å². The van der Waals surface area contributed by atoms with Crippen molar-refractivity contribution >= 4 is 0 Å². The highest BCUT2D eigenvalue weighted by Gasteiger charge is 2.30. The molecule has 1 heterocycles. The second-order valence-electron chi connectivity index (χ2n) is 5.86. The van der Waals surface area contributed by atoms with E-state index in [0.29, 0.717) is 12.0 Å². The van der Waals surface area contributed by atoms with Crippen molar-refractivity contribution in [1.29, 1.82) is 0 Å². The molecule has 0 bridgehead atoms. The summed E-state index contributed by atoms with van der Waals surface area (Å²) in [5.41, 5.74) is 5.53. The van der Waals surface area contributed by atoms with Crippen LogP contribution in [0.2, 0.25) is 0 Å². The highest BCUT2D eigenvalue weighted by molar-refractivity contribution is 5.37. The third kappa shape index (κ3) is 2.60. The maximum atomic E-state index is 9.53. The number of nitrogens with zero attached hydrogens (tertiary/aromatic N) is 1. The molecule has 2 rings (SSSR count). The van der Waals surface area contributed by atoms with E-state index in [0.717, 1.165) is 13.1 Å². The average molecular weight is 247 g/mol. The predicted molar refractivity (Wildman–Crippen MR) is 75.7 cm³/mol.